The molecule has 0 aliphatic heterocycles. The van der Waals surface area contributed by atoms with Gasteiger partial charge in [0, 0.05) is 0 Å². The summed E-state index contributed by atoms with van der Waals surface area (Å²) in [6.45, 7) is 2.00. The molecule has 1 N–H and O–H groups in total. The number of aliphatic carboxylic acids is 1. The van der Waals surface area contributed by atoms with Gasteiger partial charge in [0.1, 0.15) is 0 Å². The van der Waals surface area contributed by atoms with E-state index in [9.17, 15) is 4.79 Å². The molecule has 1 aliphatic carbocycles. The first-order valence-electron chi connectivity index (χ1n) is 3.81. The van der Waals surface area contributed by atoms with E-state index in [0.29, 0.717) is 0 Å². The van der Waals surface area contributed by atoms with Gasteiger partial charge in [-0.1, -0.05) is 47.2 Å². The zero-order valence-corrected chi connectivity index (χ0v) is 8.41. The second-order valence-corrected chi connectivity index (χ2v) is 4.51. The van der Waals surface area contributed by atoms with Gasteiger partial charge in [0.2, 0.25) is 0 Å². The molecule has 66 valence electrons. The summed E-state index contributed by atoms with van der Waals surface area (Å²) in [4.78, 5) is 10.5. The standard InChI is InChI=1S/C9H11BrO2/c1-7-4-2-3-5-9(7,10)6-8(11)12/h2-5,7H,6H2,1H3,(H,11,12)/t7-,9?/m1/s1. The topological polar surface area (TPSA) is 37.3 Å². The normalized spacial score (nSPS) is 33.7. The Morgan fingerprint density at radius 2 is 2.33 bits per heavy atom. The first-order chi connectivity index (χ1) is 5.54. The third kappa shape index (κ3) is 1.97. The van der Waals surface area contributed by atoms with E-state index >= 15 is 0 Å². The van der Waals surface area contributed by atoms with E-state index in [2.05, 4.69) is 15.9 Å². The molecule has 0 radical (unpaired) electrons. The predicted molar refractivity (Wildman–Crippen MR) is 51.4 cm³/mol. The molecule has 1 rings (SSSR count). The van der Waals surface area contributed by atoms with E-state index in [1.165, 1.54) is 0 Å². The Morgan fingerprint density at radius 3 is 2.83 bits per heavy atom. The van der Waals surface area contributed by atoms with Crippen LogP contribution in [0.15, 0.2) is 24.3 Å². The average Bonchev–Trinajstić information content (AvgIpc) is 1.94. The van der Waals surface area contributed by atoms with Crippen molar-refractivity contribution in [3.8, 4) is 0 Å². The summed E-state index contributed by atoms with van der Waals surface area (Å²) in [5, 5.41) is 8.66. The number of alkyl halides is 1. The highest BCUT2D eigenvalue weighted by Crippen LogP contribution is 2.36. The van der Waals surface area contributed by atoms with E-state index in [-0.39, 0.29) is 12.3 Å². The van der Waals surface area contributed by atoms with Crippen LogP contribution in [0.5, 0.6) is 0 Å². The third-order valence-corrected chi connectivity index (χ3v) is 3.33. The fraction of sp³-hybridized carbons (Fsp3) is 0.444. The van der Waals surface area contributed by atoms with Crippen LogP contribution in [0.4, 0.5) is 0 Å². The summed E-state index contributed by atoms with van der Waals surface area (Å²) in [6, 6.07) is 0. The minimum Gasteiger partial charge on any atom is -0.481 e. The highest BCUT2D eigenvalue weighted by Gasteiger charge is 2.32. The van der Waals surface area contributed by atoms with E-state index in [4.69, 9.17) is 5.11 Å². The Labute approximate surface area is 80.1 Å². The summed E-state index contributed by atoms with van der Waals surface area (Å²) in [5.74, 6) is -0.558. The van der Waals surface area contributed by atoms with Crippen molar-refractivity contribution < 1.29 is 9.90 Å². The molecule has 0 fully saturated rings. The molecule has 0 aromatic rings. The van der Waals surface area contributed by atoms with Crippen molar-refractivity contribution in [2.24, 2.45) is 5.92 Å². The first kappa shape index (κ1) is 9.52. The number of carboxylic acid groups (broad SMARTS) is 1. The second kappa shape index (κ2) is 3.44. The van der Waals surface area contributed by atoms with Gasteiger partial charge in [0.15, 0.2) is 0 Å². The summed E-state index contributed by atoms with van der Waals surface area (Å²) in [7, 11) is 0. The maximum Gasteiger partial charge on any atom is 0.305 e. The molecule has 0 heterocycles. The lowest BCUT2D eigenvalue weighted by atomic mass is 9.87. The molecule has 2 nitrogen and oxygen atoms in total. The van der Waals surface area contributed by atoms with E-state index in [1.807, 2.05) is 31.2 Å². The summed E-state index contributed by atoms with van der Waals surface area (Å²) in [6.07, 6.45) is 7.82. The Kier molecular flexibility index (Phi) is 2.73. The molecular weight excluding hydrogens is 220 g/mol. The predicted octanol–water partition coefficient (Wildman–Crippen LogP) is 2.36. The number of rotatable bonds is 2. The Bertz CT molecular complexity index is 245. The molecule has 1 unspecified atom stereocenters. The molecule has 0 amide bonds. The van der Waals surface area contributed by atoms with Gasteiger partial charge in [-0.3, -0.25) is 4.79 Å². The van der Waals surface area contributed by atoms with Crippen molar-refractivity contribution in [3.05, 3.63) is 24.3 Å². The summed E-state index contributed by atoms with van der Waals surface area (Å²) >= 11 is 3.44. The number of hydrogen-bond donors (Lipinski definition) is 1. The fourth-order valence-corrected chi connectivity index (χ4v) is 1.75. The quantitative estimate of drug-likeness (QED) is 0.740. The lowest BCUT2D eigenvalue weighted by Gasteiger charge is -2.28. The van der Waals surface area contributed by atoms with Gasteiger partial charge in [-0.15, -0.1) is 0 Å². The molecule has 1 aliphatic rings. The molecule has 0 aromatic heterocycles. The van der Waals surface area contributed by atoms with Gasteiger partial charge in [-0.2, -0.15) is 0 Å². The zero-order valence-electron chi connectivity index (χ0n) is 6.83. The maximum absolute atomic E-state index is 10.5. The highest BCUT2D eigenvalue weighted by atomic mass is 79.9. The lowest BCUT2D eigenvalue weighted by molar-refractivity contribution is -0.137. The van der Waals surface area contributed by atoms with Gasteiger partial charge in [0.05, 0.1) is 10.7 Å². The second-order valence-electron chi connectivity index (χ2n) is 3.03. The third-order valence-electron chi connectivity index (χ3n) is 2.06. The van der Waals surface area contributed by atoms with Crippen molar-refractivity contribution >= 4 is 21.9 Å². The average molecular weight is 231 g/mol. The number of carbonyl (C=O) groups is 1. The van der Waals surface area contributed by atoms with Crippen LogP contribution in [0.1, 0.15) is 13.3 Å². The van der Waals surface area contributed by atoms with E-state index < -0.39 is 10.3 Å². The SMILES string of the molecule is C[C@@H]1C=CC=CC1(Br)CC(=O)O. The number of allylic oxidation sites excluding steroid dienone is 4. The van der Waals surface area contributed by atoms with Crippen LogP contribution in [0.25, 0.3) is 0 Å². The van der Waals surface area contributed by atoms with Crippen LogP contribution in [-0.4, -0.2) is 15.4 Å². The molecule has 12 heavy (non-hydrogen) atoms. The van der Waals surface area contributed by atoms with Gasteiger partial charge in [0.25, 0.3) is 0 Å². The highest BCUT2D eigenvalue weighted by molar-refractivity contribution is 9.10. The maximum atomic E-state index is 10.5. The summed E-state index contributed by atoms with van der Waals surface area (Å²) in [5.41, 5.74) is 0. The Balaban J connectivity index is 2.76. The van der Waals surface area contributed by atoms with Gasteiger partial charge in [-0.05, 0) is 5.92 Å². The molecule has 0 aromatic carbocycles. The number of carboxylic acids is 1. The van der Waals surface area contributed by atoms with Gasteiger partial charge >= 0.3 is 5.97 Å². The smallest absolute Gasteiger partial charge is 0.305 e. The van der Waals surface area contributed by atoms with Crippen LogP contribution in [-0.2, 0) is 4.79 Å². The van der Waals surface area contributed by atoms with Crippen molar-refractivity contribution in [3.63, 3.8) is 0 Å². The lowest BCUT2D eigenvalue weighted by Crippen LogP contribution is -2.30. The van der Waals surface area contributed by atoms with Crippen LogP contribution >= 0.6 is 15.9 Å². The molecule has 0 bridgehead atoms. The Hall–Kier alpha value is -0.570. The van der Waals surface area contributed by atoms with Gasteiger partial charge < -0.3 is 5.11 Å². The van der Waals surface area contributed by atoms with Gasteiger partial charge in [-0.25, -0.2) is 0 Å². The fourth-order valence-electron chi connectivity index (χ4n) is 1.21. The molecular formula is C9H11BrO2. The van der Waals surface area contributed by atoms with Crippen molar-refractivity contribution in [2.75, 3.05) is 0 Å². The molecule has 0 spiro atoms. The molecule has 0 saturated carbocycles. The van der Waals surface area contributed by atoms with E-state index in [1.54, 1.807) is 0 Å². The van der Waals surface area contributed by atoms with Crippen molar-refractivity contribution in [1.29, 1.82) is 0 Å². The first-order valence-corrected chi connectivity index (χ1v) is 4.60. The minimum absolute atomic E-state index is 0.120. The van der Waals surface area contributed by atoms with Crippen LogP contribution < -0.4 is 0 Å². The van der Waals surface area contributed by atoms with Crippen LogP contribution in [0.2, 0.25) is 0 Å². The molecule has 3 heteroatoms. The Morgan fingerprint density at radius 1 is 1.67 bits per heavy atom. The largest absolute Gasteiger partial charge is 0.481 e. The molecule has 0 saturated heterocycles. The number of halogens is 1. The van der Waals surface area contributed by atoms with E-state index in [0.717, 1.165) is 0 Å². The van der Waals surface area contributed by atoms with Crippen molar-refractivity contribution in [2.45, 2.75) is 17.7 Å². The van der Waals surface area contributed by atoms with Crippen LogP contribution in [0.3, 0.4) is 0 Å². The summed E-state index contributed by atoms with van der Waals surface area (Å²) < 4.78 is -0.395. The minimum atomic E-state index is -0.779. The zero-order chi connectivity index (χ0) is 9.19. The molecule has 2 atom stereocenters. The van der Waals surface area contributed by atoms with Crippen molar-refractivity contribution in [1.82, 2.24) is 0 Å². The number of hydrogen-bond acceptors (Lipinski definition) is 1. The van der Waals surface area contributed by atoms with Crippen LogP contribution in [0, 0.1) is 5.92 Å². The monoisotopic (exact) mass is 230 g/mol.